The standard InChI is InChI=1S/C17H17F2N3/c18-16-4-2-1-3-13(16)5-6-14(17(19)7-8-17)11-22-12-21-10-15(22)9-20/h1-4,10,12,14H,5-8,11H2. The fourth-order valence-corrected chi connectivity index (χ4v) is 2.87. The first-order chi connectivity index (χ1) is 10.6. The normalized spacial score (nSPS) is 17.0. The number of rotatable bonds is 6. The van der Waals surface area contributed by atoms with E-state index in [1.807, 2.05) is 0 Å². The molecule has 5 heteroatoms. The Morgan fingerprint density at radius 3 is 2.82 bits per heavy atom. The van der Waals surface area contributed by atoms with Gasteiger partial charge in [0.05, 0.1) is 12.5 Å². The van der Waals surface area contributed by atoms with Crippen LogP contribution >= 0.6 is 0 Å². The number of nitriles is 1. The zero-order valence-corrected chi connectivity index (χ0v) is 12.2. The molecule has 1 fully saturated rings. The van der Waals surface area contributed by atoms with Crippen LogP contribution in [-0.4, -0.2) is 15.2 Å². The van der Waals surface area contributed by atoms with Gasteiger partial charge >= 0.3 is 0 Å². The van der Waals surface area contributed by atoms with Crippen molar-refractivity contribution in [2.24, 2.45) is 5.92 Å². The molecular weight excluding hydrogens is 284 g/mol. The summed E-state index contributed by atoms with van der Waals surface area (Å²) in [4.78, 5) is 3.94. The van der Waals surface area contributed by atoms with Gasteiger partial charge in [0.1, 0.15) is 23.2 Å². The van der Waals surface area contributed by atoms with Crippen LogP contribution in [-0.2, 0) is 13.0 Å². The minimum atomic E-state index is -1.18. The van der Waals surface area contributed by atoms with E-state index in [0.29, 0.717) is 43.5 Å². The average molecular weight is 301 g/mol. The molecule has 22 heavy (non-hydrogen) atoms. The van der Waals surface area contributed by atoms with Crippen molar-refractivity contribution in [1.82, 2.24) is 9.55 Å². The molecule has 1 aliphatic carbocycles. The Labute approximate surface area is 128 Å². The number of aryl methyl sites for hydroxylation is 1. The fourth-order valence-electron chi connectivity index (χ4n) is 2.87. The van der Waals surface area contributed by atoms with E-state index in [0.717, 1.165) is 0 Å². The van der Waals surface area contributed by atoms with Gasteiger partial charge in [-0.05, 0) is 37.3 Å². The first kappa shape index (κ1) is 14.7. The molecule has 0 N–H and O–H groups in total. The predicted molar refractivity (Wildman–Crippen MR) is 78.2 cm³/mol. The molecule has 1 aromatic heterocycles. The van der Waals surface area contributed by atoms with Gasteiger partial charge in [0.2, 0.25) is 0 Å². The number of hydrogen-bond donors (Lipinski definition) is 0. The number of benzene rings is 1. The lowest BCUT2D eigenvalue weighted by atomic mass is 9.93. The Kier molecular flexibility index (Phi) is 3.93. The van der Waals surface area contributed by atoms with Crippen molar-refractivity contribution in [3.05, 3.63) is 53.9 Å². The summed E-state index contributed by atoms with van der Waals surface area (Å²) in [6.45, 7) is 0.411. The number of halogens is 2. The van der Waals surface area contributed by atoms with Gasteiger partial charge in [-0.15, -0.1) is 0 Å². The molecule has 0 saturated heterocycles. The monoisotopic (exact) mass is 301 g/mol. The summed E-state index contributed by atoms with van der Waals surface area (Å²) in [5.41, 5.74) is -0.134. The highest BCUT2D eigenvalue weighted by molar-refractivity contribution is 5.19. The summed E-state index contributed by atoms with van der Waals surface area (Å²) in [6.07, 6.45) is 5.18. The quantitative estimate of drug-likeness (QED) is 0.817. The molecule has 1 atom stereocenters. The number of alkyl halides is 1. The molecule has 0 amide bonds. The van der Waals surface area contributed by atoms with Gasteiger partial charge in [0, 0.05) is 12.5 Å². The summed E-state index contributed by atoms with van der Waals surface area (Å²) >= 11 is 0. The third-order valence-corrected chi connectivity index (χ3v) is 4.42. The molecule has 1 aliphatic rings. The van der Waals surface area contributed by atoms with Crippen molar-refractivity contribution in [3.63, 3.8) is 0 Å². The summed E-state index contributed by atoms with van der Waals surface area (Å²) in [7, 11) is 0. The van der Waals surface area contributed by atoms with E-state index in [4.69, 9.17) is 5.26 Å². The molecule has 0 radical (unpaired) electrons. The van der Waals surface area contributed by atoms with Crippen molar-refractivity contribution in [3.8, 4) is 6.07 Å². The third kappa shape index (κ3) is 3.01. The number of imidazole rings is 1. The maximum atomic E-state index is 14.6. The number of nitrogens with zero attached hydrogens (tertiary/aromatic N) is 3. The maximum Gasteiger partial charge on any atom is 0.139 e. The molecular formula is C17H17F2N3. The average Bonchev–Trinajstić information content (AvgIpc) is 3.11. The van der Waals surface area contributed by atoms with Crippen LogP contribution in [0.15, 0.2) is 36.8 Å². The number of hydrogen-bond acceptors (Lipinski definition) is 2. The van der Waals surface area contributed by atoms with Crippen molar-refractivity contribution >= 4 is 0 Å². The van der Waals surface area contributed by atoms with Crippen molar-refractivity contribution < 1.29 is 8.78 Å². The summed E-state index contributed by atoms with van der Waals surface area (Å²) in [6, 6.07) is 8.66. The molecule has 0 spiro atoms. The van der Waals surface area contributed by atoms with Gasteiger partial charge in [-0.3, -0.25) is 0 Å². The molecule has 1 unspecified atom stereocenters. The lowest BCUT2D eigenvalue weighted by Gasteiger charge is -2.21. The Hall–Kier alpha value is -2.22. The second-order valence-corrected chi connectivity index (χ2v) is 5.90. The highest BCUT2D eigenvalue weighted by atomic mass is 19.1. The van der Waals surface area contributed by atoms with Crippen molar-refractivity contribution in [2.45, 2.75) is 37.9 Å². The van der Waals surface area contributed by atoms with E-state index < -0.39 is 5.67 Å². The van der Waals surface area contributed by atoms with Crippen LogP contribution in [0.4, 0.5) is 8.78 Å². The molecule has 3 rings (SSSR count). The van der Waals surface area contributed by atoms with Crippen LogP contribution in [0.3, 0.4) is 0 Å². The molecule has 2 aromatic rings. The molecule has 1 aromatic carbocycles. The van der Waals surface area contributed by atoms with Crippen LogP contribution in [0.1, 0.15) is 30.5 Å². The van der Waals surface area contributed by atoms with E-state index >= 15 is 0 Å². The van der Waals surface area contributed by atoms with Crippen LogP contribution in [0.25, 0.3) is 0 Å². The Bertz CT molecular complexity index is 698. The molecule has 1 heterocycles. The Morgan fingerprint density at radius 1 is 1.36 bits per heavy atom. The van der Waals surface area contributed by atoms with Gasteiger partial charge in [-0.1, -0.05) is 18.2 Å². The van der Waals surface area contributed by atoms with E-state index in [-0.39, 0.29) is 11.7 Å². The molecule has 0 aliphatic heterocycles. The predicted octanol–water partition coefficient (Wildman–Crippen LogP) is 3.64. The first-order valence-corrected chi connectivity index (χ1v) is 7.45. The molecule has 114 valence electrons. The van der Waals surface area contributed by atoms with E-state index in [1.165, 1.54) is 12.3 Å². The smallest absolute Gasteiger partial charge is 0.139 e. The second kappa shape index (κ2) is 5.88. The summed E-state index contributed by atoms with van der Waals surface area (Å²) in [5.74, 6) is -0.473. The molecule has 3 nitrogen and oxygen atoms in total. The van der Waals surface area contributed by atoms with Gasteiger partial charge in [-0.2, -0.15) is 5.26 Å². The zero-order valence-electron chi connectivity index (χ0n) is 12.2. The molecule has 0 bridgehead atoms. The topological polar surface area (TPSA) is 41.6 Å². The van der Waals surface area contributed by atoms with Crippen LogP contribution in [0.2, 0.25) is 0 Å². The zero-order chi connectivity index (χ0) is 15.6. The third-order valence-electron chi connectivity index (χ3n) is 4.42. The number of aromatic nitrogens is 2. The molecule has 1 saturated carbocycles. The van der Waals surface area contributed by atoms with Gasteiger partial charge in [0.15, 0.2) is 0 Å². The highest BCUT2D eigenvalue weighted by Crippen LogP contribution is 2.48. The first-order valence-electron chi connectivity index (χ1n) is 7.45. The largest absolute Gasteiger partial charge is 0.322 e. The van der Waals surface area contributed by atoms with Gasteiger partial charge in [0.25, 0.3) is 0 Å². The van der Waals surface area contributed by atoms with Gasteiger partial charge in [-0.25, -0.2) is 13.8 Å². The summed E-state index contributed by atoms with van der Waals surface area (Å²) < 4.78 is 30.0. The van der Waals surface area contributed by atoms with Gasteiger partial charge < -0.3 is 4.57 Å². The maximum absolute atomic E-state index is 14.6. The Balaban J connectivity index is 1.72. The SMILES string of the molecule is N#Cc1cncn1CC(CCc1ccccc1F)C1(F)CC1. The van der Waals surface area contributed by atoms with E-state index in [9.17, 15) is 8.78 Å². The lowest BCUT2D eigenvalue weighted by Crippen LogP contribution is -2.24. The van der Waals surface area contributed by atoms with Crippen LogP contribution < -0.4 is 0 Å². The second-order valence-electron chi connectivity index (χ2n) is 5.90. The van der Waals surface area contributed by atoms with Crippen molar-refractivity contribution in [2.75, 3.05) is 0 Å². The van der Waals surface area contributed by atoms with E-state index in [1.54, 1.807) is 29.1 Å². The van der Waals surface area contributed by atoms with E-state index in [2.05, 4.69) is 11.1 Å². The van der Waals surface area contributed by atoms with Crippen molar-refractivity contribution in [1.29, 1.82) is 5.26 Å². The lowest BCUT2D eigenvalue weighted by molar-refractivity contribution is 0.172. The minimum Gasteiger partial charge on any atom is -0.322 e. The highest BCUT2D eigenvalue weighted by Gasteiger charge is 2.49. The van der Waals surface area contributed by atoms with Crippen LogP contribution in [0.5, 0.6) is 0 Å². The summed E-state index contributed by atoms with van der Waals surface area (Å²) in [5, 5.41) is 9.03. The van der Waals surface area contributed by atoms with Crippen LogP contribution in [0, 0.1) is 23.1 Å². The minimum absolute atomic E-state index is 0.228. The fraction of sp³-hybridized carbons (Fsp3) is 0.412. The Morgan fingerprint density at radius 2 is 2.14 bits per heavy atom.